The summed E-state index contributed by atoms with van der Waals surface area (Å²) in [5, 5.41) is 8.97. The molecule has 20 heavy (non-hydrogen) atoms. The maximum atomic E-state index is 8.97. The van der Waals surface area contributed by atoms with Crippen molar-refractivity contribution in [3.63, 3.8) is 0 Å². The summed E-state index contributed by atoms with van der Waals surface area (Å²) in [5.41, 5.74) is 3.29. The molecule has 0 bridgehead atoms. The lowest BCUT2D eigenvalue weighted by Gasteiger charge is -2.16. The predicted molar refractivity (Wildman–Crippen MR) is 83.3 cm³/mol. The van der Waals surface area contributed by atoms with Crippen molar-refractivity contribution in [2.75, 3.05) is 0 Å². The number of nitrogens with zero attached hydrogens (tertiary/aromatic N) is 1. The molecule has 100 valence electrons. The molecule has 0 saturated heterocycles. The van der Waals surface area contributed by atoms with Gasteiger partial charge in [-0.2, -0.15) is 5.26 Å². The Labute approximate surface area is 121 Å². The Morgan fingerprint density at radius 3 is 2.20 bits per heavy atom. The van der Waals surface area contributed by atoms with Crippen LogP contribution in [0.5, 0.6) is 0 Å². The second kappa shape index (κ2) is 7.31. The molecule has 0 aliphatic carbocycles. The summed E-state index contributed by atoms with van der Waals surface area (Å²) in [6.45, 7) is 3.83. The van der Waals surface area contributed by atoms with Crippen LogP contribution in [0.4, 0.5) is 0 Å². The molecule has 0 aromatic heterocycles. The van der Waals surface area contributed by atoms with Crippen molar-refractivity contribution in [2.24, 2.45) is 0 Å². The van der Waals surface area contributed by atoms with Crippen LogP contribution in [-0.2, 0) is 6.42 Å². The standard InChI is InChI=1S/C19H19N/c1-16(15-20)14-19(18-10-6-3-7-11-18)13-12-17-8-4-2-5-9-17/h2-11,19H,1,12-14H2. The van der Waals surface area contributed by atoms with Gasteiger partial charge in [0.05, 0.1) is 6.07 Å². The minimum absolute atomic E-state index is 0.364. The fraction of sp³-hybridized carbons (Fsp3) is 0.211. The highest BCUT2D eigenvalue weighted by atomic mass is 14.3. The normalized spacial score (nSPS) is 11.6. The van der Waals surface area contributed by atoms with E-state index in [9.17, 15) is 0 Å². The van der Waals surface area contributed by atoms with Crippen LogP contribution in [0.15, 0.2) is 72.8 Å². The third-order valence-electron chi connectivity index (χ3n) is 3.55. The smallest absolute Gasteiger partial charge is 0.0941 e. The third-order valence-corrected chi connectivity index (χ3v) is 3.55. The molecule has 1 atom stereocenters. The van der Waals surface area contributed by atoms with E-state index in [0.717, 1.165) is 19.3 Å². The number of aryl methyl sites for hydroxylation is 1. The topological polar surface area (TPSA) is 23.8 Å². The van der Waals surface area contributed by atoms with Crippen LogP contribution in [0.1, 0.15) is 29.9 Å². The van der Waals surface area contributed by atoms with Gasteiger partial charge in [0.15, 0.2) is 0 Å². The largest absolute Gasteiger partial charge is 0.193 e. The molecule has 2 aromatic rings. The number of allylic oxidation sites excluding steroid dienone is 1. The molecule has 0 fully saturated rings. The summed E-state index contributed by atoms with van der Waals surface area (Å²) in [4.78, 5) is 0. The Bertz CT molecular complexity index is 578. The summed E-state index contributed by atoms with van der Waals surface area (Å²) >= 11 is 0. The molecular weight excluding hydrogens is 242 g/mol. The van der Waals surface area contributed by atoms with Crippen LogP contribution >= 0.6 is 0 Å². The highest BCUT2D eigenvalue weighted by Gasteiger charge is 2.13. The fourth-order valence-corrected chi connectivity index (χ4v) is 2.44. The minimum atomic E-state index is 0.364. The zero-order valence-electron chi connectivity index (χ0n) is 11.6. The maximum absolute atomic E-state index is 8.97. The van der Waals surface area contributed by atoms with E-state index in [1.807, 2.05) is 12.1 Å². The van der Waals surface area contributed by atoms with E-state index >= 15 is 0 Å². The van der Waals surface area contributed by atoms with Crippen molar-refractivity contribution in [2.45, 2.75) is 25.2 Å². The van der Waals surface area contributed by atoms with Crippen LogP contribution < -0.4 is 0 Å². The van der Waals surface area contributed by atoms with Crippen molar-refractivity contribution in [3.05, 3.63) is 83.9 Å². The Kier molecular flexibility index (Phi) is 5.15. The molecule has 1 nitrogen and oxygen atoms in total. The first-order chi connectivity index (χ1) is 9.79. The van der Waals surface area contributed by atoms with E-state index < -0.39 is 0 Å². The lowest BCUT2D eigenvalue weighted by atomic mass is 9.87. The molecule has 1 unspecified atom stereocenters. The minimum Gasteiger partial charge on any atom is -0.193 e. The van der Waals surface area contributed by atoms with Crippen LogP contribution in [0.3, 0.4) is 0 Å². The molecule has 2 aromatic carbocycles. The summed E-state index contributed by atoms with van der Waals surface area (Å²) < 4.78 is 0. The van der Waals surface area contributed by atoms with E-state index in [1.54, 1.807) is 0 Å². The molecular formula is C19H19N. The SMILES string of the molecule is C=C(C#N)CC(CCc1ccccc1)c1ccccc1. The average Bonchev–Trinajstić information content (AvgIpc) is 2.53. The van der Waals surface area contributed by atoms with Gasteiger partial charge in [-0.25, -0.2) is 0 Å². The third kappa shape index (κ3) is 4.10. The second-order valence-corrected chi connectivity index (χ2v) is 5.05. The highest BCUT2D eigenvalue weighted by molar-refractivity contribution is 5.26. The number of hydrogen-bond donors (Lipinski definition) is 0. The summed E-state index contributed by atoms with van der Waals surface area (Å²) in [7, 11) is 0. The average molecular weight is 261 g/mol. The van der Waals surface area contributed by atoms with E-state index in [2.05, 4.69) is 61.2 Å². The first-order valence-corrected chi connectivity index (χ1v) is 6.96. The fourth-order valence-electron chi connectivity index (χ4n) is 2.44. The first-order valence-electron chi connectivity index (χ1n) is 6.96. The van der Waals surface area contributed by atoms with Gasteiger partial charge in [0, 0.05) is 5.57 Å². The zero-order chi connectivity index (χ0) is 14.2. The maximum Gasteiger partial charge on any atom is 0.0941 e. The number of rotatable bonds is 6. The van der Waals surface area contributed by atoms with Crippen LogP contribution in [-0.4, -0.2) is 0 Å². The number of hydrogen-bond acceptors (Lipinski definition) is 1. The number of benzene rings is 2. The van der Waals surface area contributed by atoms with Crippen LogP contribution in [0, 0.1) is 11.3 Å². The van der Waals surface area contributed by atoms with Gasteiger partial charge in [-0.05, 0) is 36.3 Å². The van der Waals surface area contributed by atoms with Crippen molar-refractivity contribution < 1.29 is 0 Å². The Balaban J connectivity index is 2.07. The summed E-state index contributed by atoms with van der Waals surface area (Å²) in [6, 6.07) is 23.1. The summed E-state index contributed by atoms with van der Waals surface area (Å²) in [5.74, 6) is 0.364. The van der Waals surface area contributed by atoms with Gasteiger partial charge in [0.2, 0.25) is 0 Å². The van der Waals surface area contributed by atoms with Crippen LogP contribution in [0.25, 0.3) is 0 Å². The van der Waals surface area contributed by atoms with Gasteiger partial charge in [0.25, 0.3) is 0 Å². The van der Waals surface area contributed by atoms with Gasteiger partial charge >= 0.3 is 0 Å². The molecule has 0 amide bonds. The Morgan fingerprint density at radius 1 is 1.00 bits per heavy atom. The Morgan fingerprint density at radius 2 is 1.60 bits per heavy atom. The van der Waals surface area contributed by atoms with E-state index in [-0.39, 0.29) is 0 Å². The van der Waals surface area contributed by atoms with Crippen LogP contribution in [0.2, 0.25) is 0 Å². The lowest BCUT2D eigenvalue weighted by Crippen LogP contribution is -2.02. The van der Waals surface area contributed by atoms with Crippen molar-refractivity contribution in [1.29, 1.82) is 5.26 Å². The van der Waals surface area contributed by atoms with Gasteiger partial charge in [0.1, 0.15) is 0 Å². The van der Waals surface area contributed by atoms with E-state index in [0.29, 0.717) is 11.5 Å². The molecule has 0 N–H and O–H groups in total. The zero-order valence-corrected chi connectivity index (χ0v) is 11.6. The molecule has 1 heteroatoms. The molecule has 0 radical (unpaired) electrons. The van der Waals surface area contributed by atoms with Gasteiger partial charge < -0.3 is 0 Å². The second-order valence-electron chi connectivity index (χ2n) is 5.05. The molecule has 0 aliphatic rings. The molecule has 0 saturated carbocycles. The van der Waals surface area contributed by atoms with Crippen molar-refractivity contribution in [1.82, 2.24) is 0 Å². The van der Waals surface area contributed by atoms with Gasteiger partial charge in [-0.1, -0.05) is 67.2 Å². The van der Waals surface area contributed by atoms with Crippen molar-refractivity contribution >= 4 is 0 Å². The molecule has 0 aliphatic heterocycles. The van der Waals surface area contributed by atoms with E-state index in [1.165, 1.54) is 11.1 Å². The molecule has 2 rings (SSSR count). The van der Waals surface area contributed by atoms with Crippen molar-refractivity contribution in [3.8, 4) is 6.07 Å². The quantitative estimate of drug-likeness (QED) is 0.680. The molecule has 0 heterocycles. The monoisotopic (exact) mass is 261 g/mol. The predicted octanol–water partition coefficient (Wildman–Crippen LogP) is 4.87. The van der Waals surface area contributed by atoms with Gasteiger partial charge in [-0.15, -0.1) is 0 Å². The summed E-state index contributed by atoms with van der Waals surface area (Å²) in [6.07, 6.45) is 2.81. The first kappa shape index (κ1) is 14.1. The Hall–Kier alpha value is -2.33. The van der Waals surface area contributed by atoms with Gasteiger partial charge in [-0.3, -0.25) is 0 Å². The number of nitriles is 1. The molecule has 0 spiro atoms. The lowest BCUT2D eigenvalue weighted by molar-refractivity contribution is 0.625. The van der Waals surface area contributed by atoms with E-state index in [4.69, 9.17) is 5.26 Å². The highest BCUT2D eigenvalue weighted by Crippen LogP contribution is 2.27.